The number of nitrogens with zero attached hydrogens (tertiary/aromatic N) is 5. The summed E-state index contributed by atoms with van der Waals surface area (Å²) in [4.78, 5) is 0. The van der Waals surface area contributed by atoms with Crippen LogP contribution in [0.3, 0.4) is 0 Å². The van der Waals surface area contributed by atoms with Crippen LogP contribution in [0, 0.1) is 40.7 Å². The first-order chi connectivity index (χ1) is 15.8. The molecule has 4 aliphatic rings. The first-order valence-corrected chi connectivity index (χ1v) is 11.0. The molecule has 8 heteroatoms. The van der Waals surface area contributed by atoms with E-state index in [0.29, 0.717) is 24.1 Å². The molecular formula is C25H25F2N5O. The van der Waals surface area contributed by atoms with Crippen molar-refractivity contribution in [3.8, 4) is 6.07 Å². The van der Waals surface area contributed by atoms with Gasteiger partial charge in [-0.05, 0) is 73.1 Å². The van der Waals surface area contributed by atoms with Gasteiger partial charge in [-0.25, -0.2) is 8.78 Å². The quantitative estimate of drug-likeness (QED) is 0.499. The maximum Gasteiger partial charge on any atom is 0.148 e. The Morgan fingerprint density at radius 3 is 2.58 bits per heavy atom. The van der Waals surface area contributed by atoms with Crippen LogP contribution in [-0.4, -0.2) is 35.8 Å². The van der Waals surface area contributed by atoms with Gasteiger partial charge in [0, 0.05) is 37.4 Å². The van der Waals surface area contributed by atoms with Gasteiger partial charge in [-0.2, -0.15) is 15.5 Å². The highest BCUT2D eigenvalue weighted by Gasteiger charge is 2.72. The first kappa shape index (κ1) is 21.5. The molecule has 1 aliphatic heterocycles. The molecule has 3 saturated carbocycles. The maximum atomic E-state index is 13.7. The van der Waals surface area contributed by atoms with Gasteiger partial charge in [-0.1, -0.05) is 0 Å². The highest BCUT2D eigenvalue weighted by molar-refractivity contribution is 5.61. The minimum absolute atomic E-state index is 0.0341. The Bertz CT molecular complexity index is 1150. The molecule has 0 radical (unpaired) electrons. The number of halogens is 2. The van der Waals surface area contributed by atoms with Gasteiger partial charge in [0.2, 0.25) is 0 Å². The van der Waals surface area contributed by atoms with E-state index >= 15 is 0 Å². The molecular weight excluding hydrogens is 424 g/mol. The van der Waals surface area contributed by atoms with Crippen LogP contribution >= 0.6 is 0 Å². The maximum absolute atomic E-state index is 13.7. The molecule has 2 unspecified atom stereocenters. The zero-order valence-corrected chi connectivity index (χ0v) is 18.4. The van der Waals surface area contributed by atoms with E-state index in [1.165, 1.54) is 12.1 Å². The lowest BCUT2D eigenvalue weighted by Gasteiger charge is -2.73. The Morgan fingerprint density at radius 1 is 1.27 bits per heavy atom. The van der Waals surface area contributed by atoms with Crippen molar-refractivity contribution in [2.75, 3.05) is 11.6 Å². The number of aryl methyl sites for hydroxylation is 1. The fourth-order valence-corrected chi connectivity index (χ4v) is 6.07. The van der Waals surface area contributed by atoms with Crippen LogP contribution in [0.2, 0.25) is 0 Å². The topological polar surface area (TPSA) is 75.2 Å². The SMILES string of the molecule is C=NN(CC12CC(C(O)N3N=CCC3c3cc(F)cc(F)c3)(C1)C2)c1ccc(C#N)cc1C. The summed E-state index contributed by atoms with van der Waals surface area (Å²) in [5, 5.41) is 32.3. The summed E-state index contributed by atoms with van der Waals surface area (Å²) in [6, 6.07) is 10.7. The molecule has 6 nitrogen and oxygen atoms in total. The minimum Gasteiger partial charge on any atom is -0.371 e. The van der Waals surface area contributed by atoms with E-state index < -0.39 is 17.9 Å². The van der Waals surface area contributed by atoms with Crippen LogP contribution in [0.5, 0.6) is 0 Å². The van der Waals surface area contributed by atoms with E-state index in [1.807, 2.05) is 24.1 Å². The number of hydrogen-bond acceptors (Lipinski definition) is 6. The van der Waals surface area contributed by atoms with Gasteiger partial charge in [0.15, 0.2) is 0 Å². The van der Waals surface area contributed by atoms with Crippen molar-refractivity contribution >= 4 is 18.6 Å². The summed E-state index contributed by atoms with van der Waals surface area (Å²) >= 11 is 0. The summed E-state index contributed by atoms with van der Waals surface area (Å²) in [6.45, 7) is 6.35. The van der Waals surface area contributed by atoms with Gasteiger partial charge in [-0.3, -0.25) is 10.0 Å². The molecule has 6 rings (SSSR count). The van der Waals surface area contributed by atoms with Crippen molar-refractivity contribution in [3.05, 3.63) is 64.7 Å². The number of aliphatic hydroxyl groups is 1. The second-order valence-electron chi connectivity index (χ2n) is 9.71. The third kappa shape index (κ3) is 3.47. The van der Waals surface area contributed by atoms with Crippen molar-refractivity contribution in [2.24, 2.45) is 21.0 Å². The van der Waals surface area contributed by atoms with Crippen LogP contribution in [0.1, 0.15) is 48.4 Å². The summed E-state index contributed by atoms with van der Waals surface area (Å²) in [7, 11) is 0. The number of hydrazone groups is 2. The van der Waals surface area contributed by atoms with Crippen LogP contribution in [0.4, 0.5) is 14.5 Å². The summed E-state index contributed by atoms with van der Waals surface area (Å²) in [5.41, 5.74) is 2.71. The Labute approximate surface area is 191 Å². The van der Waals surface area contributed by atoms with Crippen molar-refractivity contribution < 1.29 is 13.9 Å². The van der Waals surface area contributed by atoms with E-state index in [4.69, 9.17) is 5.26 Å². The molecule has 3 aliphatic carbocycles. The van der Waals surface area contributed by atoms with Gasteiger partial charge in [-0.15, -0.1) is 0 Å². The summed E-state index contributed by atoms with van der Waals surface area (Å²) in [6.07, 6.45) is 3.81. The predicted octanol–water partition coefficient (Wildman–Crippen LogP) is 4.49. The van der Waals surface area contributed by atoms with E-state index in [0.717, 1.165) is 36.6 Å². The molecule has 0 aromatic heterocycles. The Hall–Kier alpha value is -3.31. The highest BCUT2D eigenvalue weighted by Crippen LogP contribution is 2.75. The molecule has 0 saturated heterocycles. The number of benzene rings is 2. The Morgan fingerprint density at radius 2 is 1.97 bits per heavy atom. The smallest absolute Gasteiger partial charge is 0.148 e. The third-order valence-corrected chi connectivity index (χ3v) is 7.37. The van der Waals surface area contributed by atoms with E-state index in [2.05, 4.69) is 23.0 Å². The third-order valence-electron chi connectivity index (χ3n) is 7.37. The normalized spacial score (nSPS) is 28.0. The number of nitriles is 1. The summed E-state index contributed by atoms with van der Waals surface area (Å²) in [5.74, 6) is -1.27. The largest absolute Gasteiger partial charge is 0.371 e. The molecule has 3 fully saturated rings. The zero-order chi connectivity index (χ0) is 23.4. The lowest BCUT2D eigenvalue weighted by molar-refractivity contribution is -0.287. The number of anilines is 1. The minimum atomic E-state index is -0.823. The monoisotopic (exact) mass is 449 g/mol. The average Bonchev–Trinajstić information content (AvgIpc) is 3.21. The number of aliphatic hydroxyl groups excluding tert-OH is 1. The fraction of sp³-hybridized carbons (Fsp3) is 0.400. The van der Waals surface area contributed by atoms with Crippen molar-refractivity contribution in [3.63, 3.8) is 0 Å². The molecule has 2 aromatic carbocycles. The molecule has 170 valence electrons. The van der Waals surface area contributed by atoms with Gasteiger partial charge in [0.25, 0.3) is 0 Å². The van der Waals surface area contributed by atoms with Gasteiger partial charge in [0.05, 0.1) is 23.4 Å². The van der Waals surface area contributed by atoms with E-state index in [1.54, 1.807) is 17.3 Å². The van der Waals surface area contributed by atoms with Crippen LogP contribution in [0.15, 0.2) is 46.6 Å². The molecule has 0 spiro atoms. The Balaban J connectivity index is 1.27. The molecule has 2 bridgehead atoms. The van der Waals surface area contributed by atoms with Crippen molar-refractivity contribution in [1.29, 1.82) is 5.26 Å². The molecule has 33 heavy (non-hydrogen) atoms. The van der Waals surface area contributed by atoms with Crippen molar-refractivity contribution in [2.45, 2.75) is 44.9 Å². The zero-order valence-electron chi connectivity index (χ0n) is 18.4. The van der Waals surface area contributed by atoms with Gasteiger partial charge >= 0.3 is 0 Å². The van der Waals surface area contributed by atoms with E-state index in [9.17, 15) is 13.9 Å². The van der Waals surface area contributed by atoms with Crippen LogP contribution in [-0.2, 0) is 0 Å². The second-order valence-corrected chi connectivity index (χ2v) is 9.71. The number of rotatable bonds is 7. The van der Waals surface area contributed by atoms with Gasteiger partial charge in [0.1, 0.15) is 17.9 Å². The van der Waals surface area contributed by atoms with Crippen LogP contribution < -0.4 is 5.01 Å². The molecule has 2 atom stereocenters. The lowest BCUT2D eigenvalue weighted by Crippen LogP contribution is -2.71. The molecule has 1 heterocycles. The molecule has 1 N–H and O–H groups in total. The first-order valence-electron chi connectivity index (χ1n) is 11.0. The van der Waals surface area contributed by atoms with Crippen molar-refractivity contribution in [1.82, 2.24) is 5.01 Å². The lowest BCUT2D eigenvalue weighted by atomic mass is 9.34. The van der Waals surface area contributed by atoms with Crippen LogP contribution in [0.25, 0.3) is 0 Å². The molecule has 0 amide bonds. The highest BCUT2D eigenvalue weighted by atomic mass is 19.1. The van der Waals surface area contributed by atoms with E-state index in [-0.39, 0.29) is 16.9 Å². The average molecular weight is 450 g/mol. The molecule has 2 aromatic rings. The standard InChI is InChI=1S/C25H25F2N5O/c1-16-7-17(11-28)3-4-21(16)31(29-2)15-24-12-25(13-24,14-24)23(33)32-22(5-6-30-32)18-8-19(26)10-20(27)9-18/h3-4,6-10,22-23,33H,2,5,12-15H2,1H3. The van der Waals surface area contributed by atoms with Gasteiger partial charge < -0.3 is 5.11 Å². The Kier molecular flexibility index (Phi) is 4.98. The number of hydrogen-bond donors (Lipinski definition) is 1. The predicted molar refractivity (Wildman–Crippen MR) is 122 cm³/mol. The fourth-order valence-electron chi connectivity index (χ4n) is 6.07. The second kappa shape index (κ2) is 7.63. The summed E-state index contributed by atoms with van der Waals surface area (Å²) < 4.78 is 27.5.